The lowest BCUT2D eigenvalue weighted by molar-refractivity contribution is 0.102. The van der Waals surface area contributed by atoms with Gasteiger partial charge in [0.1, 0.15) is 16.5 Å². The quantitative estimate of drug-likeness (QED) is 0.204. The van der Waals surface area contributed by atoms with Gasteiger partial charge in [-0.05, 0) is 44.2 Å². The number of Topliss-reactive ketones (excluding diaryl/α,β-unsaturated/α-hetero) is 1. The van der Waals surface area contributed by atoms with Gasteiger partial charge in [0, 0.05) is 39.8 Å². The van der Waals surface area contributed by atoms with Gasteiger partial charge >= 0.3 is 0 Å². The summed E-state index contributed by atoms with van der Waals surface area (Å²) in [5.74, 6) is 0.0357. The van der Waals surface area contributed by atoms with Crippen LogP contribution in [0.5, 0.6) is 0 Å². The van der Waals surface area contributed by atoms with Crippen molar-refractivity contribution in [1.82, 2.24) is 14.8 Å². The largest absolute Gasteiger partial charge is 0.345 e. The molecule has 0 aliphatic carbocycles. The summed E-state index contributed by atoms with van der Waals surface area (Å²) in [6.45, 7) is 8.42. The zero-order valence-electron chi connectivity index (χ0n) is 17.4. The van der Waals surface area contributed by atoms with Gasteiger partial charge in [-0.1, -0.05) is 42.1 Å². The molecule has 4 nitrogen and oxygen atoms in total. The first-order valence-electron chi connectivity index (χ1n) is 9.94. The minimum absolute atomic E-state index is 0.0573. The summed E-state index contributed by atoms with van der Waals surface area (Å²) in [5.41, 5.74) is 4.21. The summed E-state index contributed by atoms with van der Waals surface area (Å²) in [7, 11) is 0. The van der Waals surface area contributed by atoms with Gasteiger partial charge < -0.3 is 4.57 Å². The zero-order valence-corrected chi connectivity index (χ0v) is 18.2. The molecule has 0 radical (unpaired) electrons. The molecule has 2 heterocycles. The van der Waals surface area contributed by atoms with Crippen LogP contribution in [-0.2, 0) is 6.54 Å². The summed E-state index contributed by atoms with van der Waals surface area (Å²) >= 11 is 1.38. The number of nitrogens with zero attached hydrogens (tertiary/aromatic N) is 3. The first-order valence-corrected chi connectivity index (χ1v) is 10.9. The van der Waals surface area contributed by atoms with Crippen LogP contribution in [-0.4, -0.2) is 26.3 Å². The van der Waals surface area contributed by atoms with E-state index in [0.29, 0.717) is 17.3 Å². The molecule has 0 saturated carbocycles. The van der Waals surface area contributed by atoms with E-state index in [1.54, 1.807) is 12.1 Å². The number of halogens is 1. The Balaban J connectivity index is 1.62. The second-order valence-electron chi connectivity index (χ2n) is 7.30. The first-order chi connectivity index (χ1) is 15.0. The molecular weight excluding hydrogens is 409 g/mol. The molecule has 0 unspecified atom stereocenters. The van der Waals surface area contributed by atoms with Crippen molar-refractivity contribution in [2.45, 2.75) is 25.4 Å². The Morgan fingerprint density at radius 3 is 2.52 bits per heavy atom. The van der Waals surface area contributed by atoms with Crippen LogP contribution in [0.3, 0.4) is 0 Å². The molecule has 0 aliphatic rings. The molecule has 0 N–H and O–H groups in total. The fourth-order valence-corrected chi connectivity index (χ4v) is 4.57. The predicted molar refractivity (Wildman–Crippen MR) is 124 cm³/mol. The standard InChI is InChI=1S/C25H22FN3OS/c1-4-13-29-16(2)14-22(17(29)3)23(30)15-31-25-21-8-6-5-7-20(21)24(27-28-25)18-9-11-19(26)12-10-18/h4-12,14H,1,13,15H2,2-3H3. The molecule has 156 valence electrons. The van der Waals surface area contributed by atoms with E-state index >= 15 is 0 Å². The Bertz CT molecular complexity index is 1280. The van der Waals surface area contributed by atoms with E-state index in [2.05, 4.69) is 21.3 Å². The topological polar surface area (TPSA) is 47.8 Å². The number of fused-ring (bicyclic) bond motifs is 1. The number of benzene rings is 2. The second-order valence-corrected chi connectivity index (χ2v) is 8.27. The molecule has 0 saturated heterocycles. The van der Waals surface area contributed by atoms with Crippen LogP contribution in [0.1, 0.15) is 21.7 Å². The fourth-order valence-electron chi connectivity index (χ4n) is 3.71. The fraction of sp³-hybridized carbons (Fsp3) is 0.160. The molecule has 0 aliphatic heterocycles. The first kappa shape index (κ1) is 21.0. The maximum absolute atomic E-state index is 13.3. The Morgan fingerprint density at radius 2 is 1.81 bits per heavy atom. The number of allylic oxidation sites excluding steroid dienone is 1. The minimum Gasteiger partial charge on any atom is -0.345 e. The molecule has 6 heteroatoms. The van der Waals surface area contributed by atoms with Crippen molar-refractivity contribution in [2.24, 2.45) is 0 Å². The van der Waals surface area contributed by atoms with Gasteiger partial charge in [0.05, 0.1) is 5.75 Å². The van der Waals surface area contributed by atoms with Crippen LogP contribution in [0, 0.1) is 19.7 Å². The zero-order chi connectivity index (χ0) is 22.0. The monoisotopic (exact) mass is 431 g/mol. The molecule has 2 aromatic carbocycles. The van der Waals surface area contributed by atoms with Crippen LogP contribution >= 0.6 is 11.8 Å². The van der Waals surface area contributed by atoms with Gasteiger partial charge in [0.25, 0.3) is 0 Å². The number of carbonyl (C=O) groups is 1. The maximum atomic E-state index is 13.3. The van der Waals surface area contributed by atoms with Crippen molar-refractivity contribution in [3.63, 3.8) is 0 Å². The second kappa shape index (κ2) is 8.86. The van der Waals surface area contributed by atoms with Crippen LogP contribution in [0.2, 0.25) is 0 Å². The number of hydrogen-bond acceptors (Lipinski definition) is 4. The van der Waals surface area contributed by atoms with Crippen LogP contribution in [0.25, 0.3) is 22.0 Å². The normalized spacial score (nSPS) is 11.1. The van der Waals surface area contributed by atoms with Gasteiger partial charge in [0.2, 0.25) is 0 Å². The lowest BCUT2D eigenvalue weighted by Gasteiger charge is -2.09. The highest BCUT2D eigenvalue weighted by atomic mass is 32.2. The predicted octanol–water partition coefficient (Wildman–Crippen LogP) is 6.02. The summed E-state index contributed by atoms with van der Waals surface area (Å²) in [4.78, 5) is 12.9. The number of thioether (sulfide) groups is 1. The average Bonchev–Trinajstić information content (AvgIpc) is 3.06. The molecule has 0 bridgehead atoms. The molecule has 0 amide bonds. The van der Waals surface area contributed by atoms with Crippen molar-refractivity contribution in [3.8, 4) is 11.3 Å². The number of carbonyl (C=O) groups excluding carboxylic acids is 1. The summed E-state index contributed by atoms with van der Waals surface area (Å²) in [6.07, 6.45) is 1.83. The summed E-state index contributed by atoms with van der Waals surface area (Å²) < 4.78 is 15.4. The molecule has 0 spiro atoms. The van der Waals surface area contributed by atoms with Gasteiger partial charge in [-0.15, -0.1) is 16.8 Å². The Morgan fingerprint density at radius 1 is 1.10 bits per heavy atom. The van der Waals surface area contributed by atoms with E-state index in [9.17, 15) is 9.18 Å². The summed E-state index contributed by atoms with van der Waals surface area (Å²) in [6, 6.07) is 16.0. The lowest BCUT2D eigenvalue weighted by Crippen LogP contribution is -2.06. The van der Waals surface area contributed by atoms with Crippen molar-refractivity contribution < 1.29 is 9.18 Å². The van der Waals surface area contributed by atoms with E-state index in [0.717, 1.165) is 33.3 Å². The maximum Gasteiger partial charge on any atom is 0.174 e. The number of aromatic nitrogens is 3. The number of rotatable bonds is 7. The van der Waals surface area contributed by atoms with Crippen molar-refractivity contribution in [2.75, 3.05) is 5.75 Å². The minimum atomic E-state index is -0.292. The van der Waals surface area contributed by atoms with E-state index in [1.165, 1.54) is 23.9 Å². The molecule has 2 aromatic heterocycles. The summed E-state index contributed by atoms with van der Waals surface area (Å²) in [5, 5.41) is 11.3. The van der Waals surface area contributed by atoms with Crippen LogP contribution in [0.4, 0.5) is 4.39 Å². The van der Waals surface area contributed by atoms with E-state index in [1.807, 2.05) is 50.3 Å². The molecule has 0 fully saturated rings. The average molecular weight is 432 g/mol. The molecule has 0 atom stereocenters. The smallest absolute Gasteiger partial charge is 0.174 e. The third-order valence-corrected chi connectivity index (χ3v) is 6.28. The highest BCUT2D eigenvalue weighted by Crippen LogP contribution is 2.32. The molecule has 31 heavy (non-hydrogen) atoms. The SMILES string of the molecule is C=CCn1c(C)cc(C(=O)CSc2nnc(-c3ccc(F)cc3)c3ccccc23)c1C. The van der Waals surface area contributed by atoms with E-state index in [-0.39, 0.29) is 17.4 Å². The van der Waals surface area contributed by atoms with Crippen LogP contribution < -0.4 is 0 Å². The third-order valence-electron chi connectivity index (χ3n) is 5.30. The molecule has 4 aromatic rings. The number of ketones is 1. The van der Waals surface area contributed by atoms with Gasteiger partial charge in [-0.2, -0.15) is 0 Å². The highest BCUT2D eigenvalue weighted by Gasteiger charge is 2.17. The Kier molecular flexibility index (Phi) is 6.00. The Hall–Kier alpha value is -3.25. The van der Waals surface area contributed by atoms with Crippen molar-refractivity contribution >= 4 is 28.3 Å². The third kappa shape index (κ3) is 4.16. The van der Waals surface area contributed by atoms with E-state index < -0.39 is 0 Å². The van der Waals surface area contributed by atoms with Gasteiger partial charge in [-0.3, -0.25) is 4.79 Å². The van der Waals surface area contributed by atoms with Gasteiger partial charge in [-0.25, -0.2) is 4.39 Å². The molecular formula is C25H22FN3OS. The number of hydrogen-bond donors (Lipinski definition) is 0. The lowest BCUT2D eigenvalue weighted by atomic mass is 10.1. The Labute approximate surface area is 184 Å². The van der Waals surface area contributed by atoms with Crippen molar-refractivity contribution in [1.29, 1.82) is 0 Å². The highest BCUT2D eigenvalue weighted by molar-refractivity contribution is 8.00. The van der Waals surface area contributed by atoms with Gasteiger partial charge in [0.15, 0.2) is 5.78 Å². The van der Waals surface area contributed by atoms with Crippen molar-refractivity contribution in [3.05, 3.63) is 90.0 Å². The molecule has 4 rings (SSSR count). The van der Waals surface area contributed by atoms with E-state index in [4.69, 9.17) is 0 Å². The van der Waals surface area contributed by atoms with Crippen LogP contribution in [0.15, 0.2) is 72.3 Å². The number of aryl methyl sites for hydroxylation is 1.